The first-order valence-electron chi connectivity index (χ1n) is 9.31. The molecule has 0 unspecified atom stereocenters. The summed E-state index contributed by atoms with van der Waals surface area (Å²) in [6.45, 7) is 5.01. The molecule has 0 spiro atoms. The van der Waals surface area contributed by atoms with Crippen LogP contribution in [-0.2, 0) is 11.3 Å². The summed E-state index contributed by atoms with van der Waals surface area (Å²) in [5.41, 5.74) is 2.29. The van der Waals surface area contributed by atoms with E-state index >= 15 is 0 Å². The average Bonchev–Trinajstić information content (AvgIpc) is 3.14. The minimum atomic E-state index is -0.621. The van der Waals surface area contributed by atoms with Gasteiger partial charge in [-0.1, -0.05) is 18.2 Å². The van der Waals surface area contributed by atoms with Gasteiger partial charge in [0, 0.05) is 29.9 Å². The molecule has 1 atom stereocenters. The maximum Gasteiger partial charge on any atom is 0.238 e. The predicted octanol–water partition coefficient (Wildman–Crippen LogP) is 3.85. The third-order valence-corrected chi connectivity index (χ3v) is 4.84. The number of halogens is 2. The molecule has 1 amide bonds. The van der Waals surface area contributed by atoms with Gasteiger partial charge in [0.2, 0.25) is 5.91 Å². The van der Waals surface area contributed by atoms with Crippen molar-refractivity contribution in [1.29, 1.82) is 0 Å². The summed E-state index contributed by atoms with van der Waals surface area (Å²) >= 11 is 0. The van der Waals surface area contributed by atoms with E-state index in [0.29, 0.717) is 5.56 Å². The summed E-state index contributed by atoms with van der Waals surface area (Å²) in [6, 6.07) is 10.9. The van der Waals surface area contributed by atoms with Gasteiger partial charge in [0.25, 0.3) is 0 Å². The lowest BCUT2D eigenvalue weighted by molar-refractivity contribution is -0.115. The molecule has 1 aliphatic heterocycles. The van der Waals surface area contributed by atoms with Crippen LogP contribution in [0.25, 0.3) is 0 Å². The van der Waals surface area contributed by atoms with Crippen LogP contribution in [0.15, 0.2) is 42.5 Å². The molecule has 0 aliphatic carbocycles. The number of carbonyl (C=O) groups excluding carboxylic acids is 1. The molecular formula is C21H25F2N3O. The topological polar surface area (TPSA) is 44.4 Å². The highest BCUT2D eigenvalue weighted by atomic mass is 19.1. The van der Waals surface area contributed by atoms with E-state index in [9.17, 15) is 13.6 Å². The second-order valence-electron chi connectivity index (χ2n) is 7.00. The largest absolute Gasteiger partial charge is 0.325 e. The molecule has 3 rings (SSSR count). The smallest absolute Gasteiger partial charge is 0.238 e. The maximum absolute atomic E-state index is 13.8. The van der Waals surface area contributed by atoms with Crippen LogP contribution in [0, 0.1) is 11.6 Å². The van der Waals surface area contributed by atoms with Gasteiger partial charge in [-0.25, -0.2) is 8.78 Å². The number of benzene rings is 2. The van der Waals surface area contributed by atoms with Crippen LogP contribution in [0.3, 0.4) is 0 Å². The van der Waals surface area contributed by atoms with Gasteiger partial charge in [0.05, 0.1) is 6.54 Å². The van der Waals surface area contributed by atoms with Gasteiger partial charge in [-0.2, -0.15) is 0 Å². The number of hydrogen-bond acceptors (Lipinski definition) is 3. The van der Waals surface area contributed by atoms with Gasteiger partial charge < -0.3 is 10.6 Å². The molecule has 1 aliphatic rings. The van der Waals surface area contributed by atoms with E-state index in [0.717, 1.165) is 31.4 Å². The fraction of sp³-hybridized carbons (Fsp3) is 0.381. The number of nitrogens with one attached hydrogen (secondary N) is 2. The molecule has 1 saturated heterocycles. The first-order valence-corrected chi connectivity index (χ1v) is 9.31. The van der Waals surface area contributed by atoms with Crippen LogP contribution in [0.4, 0.5) is 14.5 Å². The Labute approximate surface area is 158 Å². The molecule has 1 heterocycles. The quantitative estimate of drug-likeness (QED) is 0.775. The molecule has 144 valence electrons. The summed E-state index contributed by atoms with van der Waals surface area (Å²) in [6.07, 6.45) is 2.53. The zero-order valence-corrected chi connectivity index (χ0v) is 15.5. The number of anilines is 1. The molecule has 6 heteroatoms. The molecular weight excluding hydrogens is 348 g/mol. The normalized spacial score (nSPS) is 15.7. The Bertz CT molecular complexity index is 773. The number of amides is 1. The van der Waals surface area contributed by atoms with Crippen molar-refractivity contribution in [2.75, 3.05) is 25.0 Å². The lowest BCUT2D eigenvalue weighted by atomic mass is 10.1. The number of hydrogen-bond donors (Lipinski definition) is 2. The second-order valence-corrected chi connectivity index (χ2v) is 7.00. The standard InChI is InChI=1S/C21H25F2N3O/c1-15(19-9-6-17(22)12-20(19)23)24-13-21(27)25-18-7-4-16(5-8-18)14-26-10-2-3-11-26/h4-9,12,15,24H,2-3,10-11,13-14H2,1H3,(H,25,27)/t15-/m1/s1. The molecule has 2 aromatic carbocycles. The van der Waals surface area contributed by atoms with Gasteiger partial charge in [-0.3, -0.25) is 9.69 Å². The second kappa shape index (κ2) is 9.06. The summed E-state index contributed by atoms with van der Waals surface area (Å²) < 4.78 is 26.8. The third kappa shape index (κ3) is 5.58. The Morgan fingerprint density at radius 2 is 1.81 bits per heavy atom. The molecule has 2 N–H and O–H groups in total. The number of likely N-dealkylation sites (tertiary alicyclic amines) is 1. The van der Waals surface area contributed by atoms with Crippen molar-refractivity contribution >= 4 is 11.6 Å². The molecule has 1 fully saturated rings. The molecule has 0 radical (unpaired) electrons. The van der Waals surface area contributed by atoms with Crippen LogP contribution in [-0.4, -0.2) is 30.4 Å². The molecule has 0 aromatic heterocycles. The highest BCUT2D eigenvalue weighted by Gasteiger charge is 2.14. The van der Waals surface area contributed by atoms with Gasteiger partial charge in [-0.05, 0) is 56.6 Å². The van der Waals surface area contributed by atoms with Gasteiger partial charge in [0.15, 0.2) is 0 Å². The van der Waals surface area contributed by atoms with Crippen LogP contribution in [0.5, 0.6) is 0 Å². The minimum absolute atomic E-state index is 0.0352. The molecule has 27 heavy (non-hydrogen) atoms. The van der Waals surface area contributed by atoms with E-state index in [1.54, 1.807) is 6.92 Å². The highest BCUT2D eigenvalue weighted by Crippen LogP contribution is 2.18. The van der Waals surface area contributed by atoms with Crippen molar-refractivity contribution in [3.8, 4) is 0 Å². The molecule has 4 nitrogen and oxygen atoms in total. The summed E-state index contributed by atoms with van der Waals surface area (Å²) in [4.78, 5) is 14.5. The SMILES string of the molecule is C[C@@H](NCC(=O)Nc1ccc(CN2CCCC2)cc1)c1ccc(F)cc1F. The van der Waals surface area contributed by atoms with Crippen LogP contribution in [0.1, 0.15) is 36.9 Å². The predicted molar refractivity (Wildman–Crippen MR) is 102 cm³/mol. The number of nitrogens with zero attached hydrogens (tertiary/aromatic N) is 1. The average molecular weight is 373 g/mol. The van der Waals surface area contributed by atoms with E-state index < -0.39 is 17.7 Å². The zero-order chi connectivity index (χ0) is 19.2. The van der Waals surface area contributed by atoms with Crippen molar-refractivity contribution in [3.63, 3.8) is 0 Å². The third-order valence-electron chi connectivity index (χ3n) is 4.84. The Morgan fingerprint density at radius 1 is 1.11 bits per heavy atom. The first kappa shape index (κ1) is 19.5. The number of carbonyl (C=O) groups is 1. The van der Waals surface area contributed by atoms with Crippen molar-refractivity contribution in [2.45, 2.75) is 32.4 Å². The highest BCUT2D eigenvalue weighted by molar-refractivity contribution is 5.92. The fourth-order valence-electron chi connectivity index (χ4n) is 3.31. The van der Waals surface area contributed by atoms with Crippen LogP contribution in [0.2, 0.25) is 0 Å². The van der Waals surface area contributed by atoms with E-state index in [1.165, 1.54) is 30.5 Å². The van der Waals surface area contributed by atoms with E-state index in [-0.39, 0.29) is 12.5 Å². The number of rotatable bonds is 7. The summed E-state index contributed by atoms with van der Waals surface area (Å²) in [5.74, 6) is -1.45. The van der Waals surface area contributed by atoms with Crippen LogP contribution < -0.4 is 10.6 Å². The van der Waals surface area contributed by atoms with Crippen molar-refractivity contribution in [2.24, 2.45) is 0 Å². The van der Waals surface area contributed by atoms with E-state index in [1.807, 2.05) is 24.3 Å². The molecule has 0 bridgehead atoms. The van der Waals surface area contributed by atoms with E-state index in [4.69, 9.17) is 0 Å². The Morgan fingerprint density at radius 3 is 2.48 bits per heavy atom. The van der Waals surface area contributed by atoms with Gasteiger partial charge in [-0.15, -0.1) is 0 Å². The Kier molecular flexibility index (Phi) is 6.53. The monoisotopic (exact) mass is 373 g/mol. The van der Waals surface area contributed by atoms with Gasteiger partial charge >= 0.3 is 0 Å². The maximum atomic E-state index is 13.8. The first-order chi connectivity index (χ1) is 13.0. The lowest BCUT2D eigenvalue weighted by Gasteiger charge is -2.16. The lowest BCUT2D eigenvalue weighted by Crippen LogP contribution is -2.30. The Hall–Kier alpha value is -2.31. The summed E-state index contributed by atoms with van der Waals surface area (Å²) in [7, 11) is 0. The van der Waals surface area contributed by atoms with Crippen molar-refractivity contribution in [3.05, 3.63) is 65.2 Å². The fourth-order valence-corrected chi connectivity index (χ4v) is 3.31. The van der Waals surface area contributed by atoms with Crippen LogP contribution >= 0.6 is 0 Å². The Balaban J connectivity index is 1.47. The van der Waals surface area contributed by atoms with Gasteiger partial charge in [0.1, 0.15) is 11.6 Å². The zero-order valence-electron chi connectivity index (χ0n) is 15.5. The molecule has 0 saturated carbocycles. The minimum Gasteiger partial charge on any atom is -0.325 e. The van der Waals surface area contributed by atoms with E-state index in [2.05, 4.69) is 15.5 Å². The summed E-state index contributed by atoms with van der Waals surface area (Å²) in [5, 5.41) is 5.78. The van der Waals surface area contributed by atoms with Crippen molar-refractivity contribution in [1.82, 2.24) is 10.2 Å². The molecule has 2 aromatic rings. The van der Waals surface area contributed by atoms with Crippen molar-refractivity contribution < 1.29 is 13.6 Å².